The van der Waals surface area contributed by atoms with E-state index in [2.05, 4.69) is 5.18 Å². The summed E-state index contributed by atoms with van der Waals surface area (Å²) in [7, 11) is 1.48. The summed E-state index contributed by atoms with van der Waals surface area (Å²) in [6, 6.07) is 4.91. The third-order valence-electron chi connectivity index (χ3n) is 3.09. The van der Waals surface area contributed by atoms with Gasteiger partial charge in [0.15, 0.2) is 17.8 Å². The first-order valence-electron chi connectivity index (χ1n) is 5.97. The van der Waals surface area contributed by atoms with Gasteiger partial charge in [-0.15, -0.1) is 0 Å². The van der Waals surface area contributed by atoms with Gasteiger partial charge < -0.3 is 19.3 Å². The molecule has 2 rings (SSSR count). The first-order valence-corrected chi connectivity index (χ1v) is 5.97. The molecule has 1 aliphatic heterocycles. The highest BCUT2D eigenvalue weighted by atomic mass is 16.7. The molecule has 0 spiro atoms. The van der Waals surface area contributed by atoms with Crippen molar-refractivity contribution in [3.05, 3.63) is 28.7 Å². The van der Waals surface area contributed by atoms with Crippen molar-refractivity contribution in [3.8, 4) is 11.5 Å². The van der Waals surface area contributed by atoms with Crippen LogP contribution in [0.1, 0.15) is 18.8 Å². The Hall–Kier alpha value is -1.66. The number of benzene rings is 1. The highest BCUT2D eigenvalue weighted by Gasteiger charge is 2.34. The van der Waals surface area contributed by atoms with Crippen molar-refractivity contribution in [2.24, 2.45) is 10.6 Å². The van der Waals surface area contributed by atoms with Crippen molar-refractivity contribution in [3.63, 3.8) is 0 Å². The van der Waals surface area contributed by atoms with Crippen LogP contribution in [0.5, 0.6) is 11.5 Å². The summed E-state index contributed by atoms with van der Waals surface area (Å²) < 4.78 is 16.3. The molecule has 6 nitrogen and oxygen atoms in total. The Labute approximate surface area is 111 Å². The number of ether oxygens (including phenoxy) is 3. The van der Waals surface area contributed by atoms with E-state index in [1.54, 1.807) is 12.1 Å². The van der Waals surface area contributed by atoms with Crippen LogP contribution in [-0.2, 0) is 9.47 Å². The van der Waals surface area contributed by atoms with Crippen LogP contribution in [0.15, 0.2) is 23.4 Å². The highest BCUT2D eigenvalue weighted by molar-refractivity contribution is 5.42. The molecule has 1 aromatic carbocycles. The van der Waals surface area contributed by atoms with Crippen LogP contribution in [0.3, 0.4) is 0 Å². The molecule has 0 bridgehead atoms. The molecular weight excluding hydrogens is 250 g/mol. The van der Waals surface area contributed by atoms with Gasteiger partial charge in [0.1, 0.15) is 0 Å². The SMILES string of the molecule is COc1cc(C2OCC(C)(CN=O)CO2)ccc1O. The third-order valence-corrected chi connectivity index (χ3v) is 3.09. The predicted octanol–water partition coefficient (Wildman–Crippen LogP) is 2.22. The van der Waals surface area contributed by atoms with Gasteiger partial charge in [0.2, 0.25) is 0 Å². The lowest BCUT2D eigenvalue weighted by atomic mass is 9.92. The fraction of sp³-hybridized carbons (Fsp3) is 0.538. The first-order chi connectivity index (χ1) is 9.08. The van der Waals surface area contributed by atoms with Crippen LogP contribution in [0.25, 0.3) is 0 Å². The van der Waals surface area contributed by atoms with Crippen molar-refractivity contribution < 1.29 is 19.3 Å². The molecule has 0 radical (unpaired) electrons. The molecule has 0 atom stereocenters. The van der Waals surface area contributed by atoms with E-state index in [1.807, 2.05) is 6.92 Å². The summed E-state index contributed by atoms with van der Waals surface area (Å²) in [5, 5.41) is 12.4. The average Bonchev–Trinajstić information content (AvgIpc) is 2.40. The van der Waals surface area contributed by atoms with Gasteiger partial charge >= 0.3 is 0 Å². The van der Waals surface area contributed by atoms with Crippen LogP contribution >= 0.6 is 0 Å². The Morgan fingerprint density at radius 1 is 1.47 bits per heavy atom. The lowest BCUT2D eigenvalue weighted by Crippen LogP contribution is -2.38. The Balaban J connectivity index is 2.07. The van der Waals surface area contributed by atoms with E-state index in [-0.39, 0.29) is 17.7 Å². The molecule has 0 aliphatic carbocycles. The standard InChI is InChI=1S/C13H17NO5/c1-13(6-14-16)7-18-12(19-8-13)9-3-4-10(15)11(5-9)17-2/h3-5,12,15H,6-8H2,1-2H3. The molecule has 104 valence electrons. The van der Waals surface area contributed by atoms with E-state index < -0.39 is 6.29 Å². The highest BCUT2D eigenvalue weighted by Crippen LogP contribution is 2.35. The van der Waals surface area contributed by atoms with Crippen LogP contribution in [0.2, 0.25) is 0 Å². The smallest absolute Gasteiger partial charge is 0.183 e. The normalized spacial score (nSPS) is 26.9. The number of hydrogen-bond donors (Lipinski definition) is 1. The number of phenolic OH excluding ortho intramolecular Hbond substituents is 1. The van der Waals surface area contributed by atoms with E-state index in [4.69, 9.17) is 14.2 Å². The molecule has 1 saturated heterocycles. The van der Waals surface area contributed by atoms with E-state index >= 15 is 0 Å². The average molecular weight is 267 g/mol. The quantitative estimate of drug-likeness (QED) is 0.846. The molecule has 1 aliphatic rings. The summed E-state index contributed by atoms with van der Waals surface area (Å²) in [6.07, 6.45) is -0.519. The Kier molecular flexibility index (Phi) is 4.01. The maximum absolute atomic E-state index is 10.3. The fourth-order valence-electron chi connectivity index (χ4n) is 1.92. The number of nitrogens with zero attached hydrogens (tertiary/aromatic N) is 1. The number of rotatable bonds is 4. The molecule has 6 heteroatoms. The van der Waals surface area contributed by atoms with Gasteiger partial charge in [0.05, 0.1) is 26.9 Å². The summed E-state index contributed by atoms with van der Waals surface area (Å²) in [4.78, 5) is 10.3. The summed E-state index contributed by atoms with van der Waals surface area (Å²) >= 11 is 0. The molecule has 0 aromatic heterocycles. The third kappa shape index (κ3) is 3.02. The lowest BCUT2D eigenvalue weighted by Gasteiger charge is -2.35. The second-order valence-corrected chi connectivity index (χ2v) is 4.98. The second-order valence-electron chi connectivity index (χ2n) is 4.98. The minimum absolute atomic E-state index is 0.0667. The number of nitroso groups, excluding NO2 is 1. The van der Waals surface area contributed by atoms with Crippen molar-refractivity contribution in [1.82, 2.24) is 0 Å². The largest absolute Gasteiger partial charge is 0.504 e. The zero-order valence-corrected chi connectivity index (χ0v) is 11.0. The van der Waals surface area contributed by atoms with E-state index in [0.717, 1.165) is 5.56 Å². The first kappa shape index (κ1) is 13.8. The summed E-state index contributed by atoms with van der Waals surface area (Å²) in [5.74, 6) is 0.435. The fourth-order valence-corrected chi connectivity index (χ4v) is 1.92. The van der Waals surface area contributed by atoms with Crippen molar-refractivity contribution in [1.29, 1.82) is 0 Å². The molecule has 19 heavy (non-hydrogen) atoms. The van der Waals surface area contributed by atoms with Crippen molar-refractivity contribution in [2.75, 3.05) is 26.9 Å². The van der Waals surface area contributed by atoms with Crippen molar-refractivity contribution in [2.45, 2.75) is 13.2 Å². The monoisotopic (exact) mass is 267 g/mol. The van der Waals surface area contributed by atoms with Crippen LogP contribution in [0.4, 0.5) is 0 Å². The molecular formula is C13H17NO5. The van der Waals surface area contributed by atoms with E-state index in [0.29, 0.717) is 19.0 Å². The minimum atomic E-state index is -0.519. The summed E-state index contributed by atoms with van der Waals surface area (Å²) in [6.45, 7) is 2.85. The van der Waals surface area contributed by atoms with Gasteiger partial charge in [-0.3, -0.25) is 0 Å². The van der Waals surface area contributed by atoms with Gasteiger partial charge in [-0.1, -0.05) is 18.2 Å². The topological polar surface area (TPSA) is 77.4 Å². The Bertz CT molecular complexity index is 454. The van der Waals surface area contributed by atoms with Crippen LogP contribution in [0, 0.1) is 10.3 Å². The number of phenols is 1. The zero-order chi connectivity index (χ0) is 13.9. The summed E-state index contributed by atoms with van der Waals surface area (Å²) in [5.41, 5.74) is 0.384. The van der Waals surface area contributed by atoms with Gasteiger partial charge in [0, 0.05) is 11.0 Å². The van der Waals surface area contributed by atoms with Gasteiger partial charge in [-0.05, 0) is 12.1 Å². The predicted molar refractivity (Wildman–Crippen MR) is 68.1 cm³/mol. The molecule has 0 unspecified atom stereocenters. The van der Waals surface area contributed by atoms with Gasteiger partial charge in [0.25, 0.3) is 0 Å². The number of hydrogen-bond acceptors (Lipinski definition) is 6. The zero-order valence-electron chi connectivity index (χ0n) is 11.0. The van der Waals surface area contributed by atoms with Gasteiger partial charge in [-0.2, -0.15) is 4.91 Å². The van der Waals surface area contributed by atoms with Crippen LogP contribution < -0.4 is 4.74 Å². The maximum atomic E-state index is 10.3. The van der Waals surface area contributed by atoms with Gasteiger partial charge in [-0.25, -0.2) is 0 Å². The van der Waals surface area contributed by atoms with E-state index in [1.165, 1.54) is 13.2 Å². The minimum Gasteiger partial charge on any atom is -0.504 e. The molecule has 1 aromatic rings. The maximum Gasteiger partial charge on any atom is 0.183 e. The van der Waals surface area contributed by atoms with Crippen LogP contribution in [-0.4, -0.2) is 32.0 Å². The van der Waals surface area contributed by atoms with Crippen molar-refractivity contribution >= 4 is 0 Å². The second kappa shape index (κ2) is 5.54. The Morgan fingerprint density at radius 2 is 2.16 bits per heavy atom. The number of aromatic hydroxyl groups is 1. The molecule has 1 N–H and O–H groups in total. The molecule has 0 saturated carbocycles. The van der Waals surface area contributed by atoms with E-state index in [9.17, 15) is 10.0 Å². The molecule has 0 amide bonds. The molecule has 1 heterocycles. The Morgan fingerprint density at radius 3 is 2.74 bits per heavy atom. The number of methoxy groups -OCH3 is 1. The lowest BCUT2D eigenvalue weighted by molar-refractivity contribution is -0.228. The molecule has 1 fully saturated rings.